The largest absolute Gasteiger partial charge is 2.00 e. The average molecular weight is 336 g/mol. The SMILES string of the molecule is Br[c-]1[c-][c-][c-][c-]1.Br[c-]1[c-][c-][c-][c-]1.[Fe+2]. The molecule has 2 rings (SSSR count). The van der Waals surface area contributed by atoms with Gasteiger partial charge in [-0.05, 0) is 0 Å². The van der Waals surface area contributed by atoms with Crippen LogP contribution in [0.15, 0.2) is 8.95 Å². The number of rotatable bonds is 0. The van der Waals surface area contributed by atoms with Crippen molar-refractivity contribution in [2.24, 2.45) is 0 Å². The van der Waals surface area contributed by atoms with E-state index in [1.54, 1.807) is 0 Å². The van der Waals surface area contributed by atoms with E-state index in [0.717, 1.165) is 8.95 Å². The first-order valence-electron chi connectivity index (χ1n) is 2.88. The Morgan fingerprint density at radius 2 is 0.846 bits per heavy atom. The molecule has 0 saturated carbocycles. The molecule has 2 aromatic carbocycles. The van der Waals surface area contributed by atoms with Crippen LogP contribution in [0.2, 0.25) is 0 Å². The predicted molar refractivity (Wildman–Crippen MR) is 50.2 cm³/mol. The van der Waals surface area contributed by atoms with Gasteiger partial charge in [0.25, 0.3) is 0 Å². The molecule has 0 aliphatic rings. The van der Waals surface area contributed by atoms with E-state index in [1.807, 2.05) is 0 Å². The molecule has 70 valence electrons. The van der Waals surface area contributed by atoms with Gasteiger partial charge in [-0.15, -0.1) is 0 Å². The molecule has 0 fully saturated rings. The third-order valence-corrected chi connectivity index (χ3v) is 1.61. The molecule has 0 radical (unpaired) electrons. The number of hydrogen-bond acceptors (Lipinski definition) is 0. The molecule has 3 heteroatoms. The third-order valence-electron chi connectivity index (χ3n) is 0.814. The van der Waals surface area contributed by atoms with Gasteiger partial charge in [-0.1, -0.05) is 0 Å². The van der Waals surface area contributed by atoms with Crippen LogP contribution in [0.5, 0.6) is 0 Å². The maximum Gasteiger partial charge on any atom is 2.00 e. The Morgan fingerprint density at radius 3 is 0.923 bits per heavy atom. The minimum absolute atomic E-state index is 0. The molecular formula is C10Br2Fe-8. The van der Waals surface area contributed by atoms with E-state index in [1.165, 1.54) is 0 Å². The van der Waals surface area contributed by atoms with Crippen molar-refractivity contribution in [3.05, 3.63) is 57.5 Å². The van der Waals surface area contributed by atoms with Gasteiger partial charge >= 0.3 is 17.1 Å². The second-order valence-electron chi connectivity index (χ2n) is 1.63. The summed E-state index contributed by atoms with van der Waals surface area (Å²) in [6, 6.07) is 21.0. The Hall–Kier alpha value is 0.179. The minimum atomic E-state index is 0. The Kier molecular flexibility index (Phi) is 7.68. The van der Waals surface area contributed by atoms with Crippen LogP contribution in [-0.2, 0) is 17.1 Å². The first-order valence-corrected chi connectivity index (χ1v) is 4.46. The quantitative estimate of drug-likeness (QED) is 0.513. The zero-order valence-electron chi connectivity index (χ0n) is 6.11. The summed E-state index contributed by atoms with van der Waals surface area (Å²) in [6.45, 7) is 0. The van der Waals surface area contributed by atoms with E-state index >= 15 is 0 Å². The van der Waals surface area contributed by atoms with Crippen molar-refractivity contribution < 1.29 is 17.1 Å². The minimum Gasteiger partial charge on any atom is -0.998 e. The Labute approximate surface area is 106 Å². The fourth-order valence-electron chi connectivity index (χ4n) is 0.407. The van der Waals surface area contributed by atoms with Crippen LogP contribution >= 0.6 is 31.9 Å². The summed E-state index contributed by atoms with van der Waals surface area (Å²) in [5, 5.41) is 0. The van der Waals surface area contributed by atoms with E-state index in [9.17, 15) is 0 Å². The monoisotopic (exact) mass is 334 g/mol. The van der Waals surface area contributed by atoms with Crippen molar-refractivity contribution in [1.82, 2.24) is 0 Å². The van der Waals surface area contributed by atoms with Crippen LogP contribution in [0.4, 0.5) is 0 Å². The van der Waals surface area contributed by atoms with Gasteiger partial charge in [0, 0.05) is 0 Å². The van der Waals surface area contributed by atoms with E-state index in [-0.39, 0.29) is 17.1 Å². The van der Waals surface area contributed by atoms with Gasteiger partial charge in [0.2, 0.25) is 0 Å². The normalized spacial score (nSPS) is 8.15. The smallest absolute Gasteiger partial charge is 0.998 e. The molecular weight excluding hydrogens is 336 g/mol. The molecule has 0 bridgehead atoms. The van der Waals surface area contributed by atoms with Gasteiger partial charge in [-0.2, -0.15) is 0 Å². The van der Waals surface area contributed by atoms with E-state index in [2.05, 4.69) is 80.4 Å². The second-order valence-corrected chi connectivity index (χ2v) is 3.21. The van der Waals surface area contributed by atoms with Crippen LogP contribution < -0.4 is 0 Å². The fourth-order valence-corrected chi connectivity index (χ4v) is 0.803. The van der Waals surface area contributed by atoms with Crippen molar-refractivity contribution in [2.45, 2.75) is 0 Å². The van der Waals surface area contributed by atoms with Gasteiger partial charge in [0.1, 0.15) is 0 Å². The molecule has 0 aromatic heterocycles. The third kappa shape index (κ3) is 6.28. The molecule has 0 unspecified atom stereocenters. The van der Waals surface area contributed by atoms with Gasteiger partial charge < -0.3 is 89.3 Å². The van der Waals surface area contributed by atoms with Crippen LogP contribution in [-0.4, -0.2) is 0 Å². The molecule has 0 saturated heterocycles. The second kappa shape index (κ2) is 7.57. The molecule has 0 aliphatic heterocycles. The standard InChI is InChI=1S/2C5Br.Fe/c2*6-5-3-1-2-4-5;/q2*-5;+2. The van der Waals surface area contributed by atoms with Crippen LogP contribution in [0.3, 0.4) is 0 Å². The summed E-state index contributed by atoms with van der Waals surface area (Å²) in [6.07, 6.45) is 0. The van der Waals surface area contributed by atoms with Gasteiger partial charge in [0.15, 0.2) is 0 Å². The number of halogens is 2. The fraction of sp³-hybridized carbons (Fsp3) is 0. The molecule has 2 aromatic rings. The first kappa shape index (κ1) is 13.2. The molecule has 0 heterocycles. The average Bonchev–Trinajstić information content (AvgIpc) is 2.63. The van der Waals surface area contributed by atoms with Crippen molar-refractivity contribution in [3.63, 3.8) is 0 Å². The Morgan fingerprint density at radius 1 is 0.615 bits per heavy atom. The molecule has 0 aliphatic carbocycles. The first-order chi connectivity index (χ1) is 5.79. The zero-order valence-corrected chi connectivity index (χ0v) is 10.4. The van der Waals surface area contributed by atoms with Gasteiger partial charge in [0.05, 0.1) is 0 Å². The zero-order chi connectivity index (χ0) is 8.81. The summed E-state index contributed by atoms with van der Waals surface area (Å²) in [5.41, 5.74) is 0. The van der Waals surface area contributed by atoms with Crippen molar-refractivity contribution >= 4 is 31.9 Å². The van der Waals surface area contributed by atoms with Gasteiger partial charge in [-0.25, -0.2) is 0 Å². The predicted octanol–water partition coefficient (Wildman–Crippen LogP) is 2.74. The number of hydrogen-bond donors (Lipinski definition) is 0. The van der Waals surface area contributed by atoms with Crippen molar-refractivity contribution in [1.29, 1.82) is 0 Å². The summed E-state index contributed by atoms with van der Waals surface area (Å²) in [5.74, 6) is 0. The van der Waals surface area contributed by atoms with Crippen LogP contribution in [0.25, 0.3) is 0 Å². The summed E-state index contributed by atoms with van der Waals surface area (Å²) >= 11 is 6.22. The molecule has 0 nitrogen and oxygen atoms in total. The molecule has 0 N–H and O–H groups in total. The van der Waals surface area contributed by atoms with Crippen molar-refractivity contribution in [2.75, 3.05) is 0 Å². The molecule has 13 heavy (non-hydrogen) atoms. The summed E-state index contributed by atoms with van der Waals surface area (Å²) < 4.78 is 1.59. The summed E-state index contributed by atoms with van der Waals surface area (Å²) in [7, 11) is 0. The van der Waals surface area contributed by atoms with E-state index in [4.69, 9.17) is 0 Å². The maximum atomic E-state index is 3.11. The Bertz CT molecular complexity index is 252. The summed E-state index contributed by atoms with van der Waals surface area (Å²) in [4.78, 5) is 0. The van der Waals surface area contributed by atoms with E-state index in [0.29, 0.717) is 0 Å². The maximum absolute atomic E-state index is 3.11. The molecule has 0 spiro atoms. The van der Waals surface area contributed by atoms with E-state index < -0.39 is 0 Å². The Balaban J connectivity index is 0.000000206. The van der Waals surface area contributed by atoms with Crippen molar-refractivity contribution in [3.8, 4) is 0 Å². The topological polar surface area (TPSA) is 0 Å². The van der Waals surface area contributed by atoms with Crippen LogP contribution in [0.1, 0.15) is 0 Å². The van der Waals surface area contributed by atoms with Gasteiger partial charge in [-0.3, -0.25) is 0 Å². The molecule has 0 atom stereocenters. The van der Waals surface area contributed by atoms with Crippen LogP contribution in [0, 0.1) is 48.5 Å². The molecule has 0 amide bonds.